The van der Waals surface area contributed by atoms with Crippen molar-refractivity contribution in [3.63, 3.8) is 0 Å². The molecule has 0 aliphatic carbocycles. The number of carbonyl (C=O) groups excluding carboxylic acids is 2. The SMILES string of the molecule is CCC1NC(=O)C2Cc3c([nH]c4cc(OC)ccc34)C(CC(C)C)N2C1=O. The lowest BCUT2D eigenvalue weighted by molar-refractivity contribution is -0.153. The zero-order chi connectivity index (χ0) is 19.3. The van der Waals surface area contributed by atoms with E-state index in [9.17, 15) is 9.59 Å². The van der Waals surface area contributed by atoms with Crippen molar-refractivity contribution in [1.29, 1.82) is 0 Å². The van der Waals surface area contributed by atoms with Gasteiger partial charge in [0.1, 0.15) is 17.8 Å². The summed E-state index contributed by atoms with van der Waals surface area (Å²) in [6.07, 6.45) is 1.98. The first-order chi connectivity index (χ1) is 12.9. The van der Waals surface area contributed by atoms with Crippen LogP contribution in [0.2, 0.25) is 0 Å². The summed E-state index contributed by atoms with van der Waals surface area (Å²) < 4.78 is 5.35. The first-order valence-corrected chi connectivity index (χ1v) is 9.75. The number of rotatable bonds is 4. The quantitative estimate of drug-likeness (QED) is 0.870. The Morgan fingerprint density at radius 3 is 2.74 bits per heavy atom. The van der Waals surface area contributed by atoms with Crippen molar-refractivity contribution < 1.29 is 14.3 Å². The van der Waals surface area contributed by atoms with Crippen LogP contribution in [0.4, 0.5) is 0 Å². The molecule has 144 valence electrons. The Hall–Kier alpha value is -2.50. The molecule has 1 fully saturated rings. The van der Waals surface area contributed by atoms with Crippen LogP contribution in [0.5, 0.6) is 5.75 Å². The van der Waals surface area contributed by atoms with Crippen LogP contribution in [0.1, 0.15) is 50.9 Å². The summed E-state index contributed by atoms with van der Waals surface area (Å²) in [5.74, 6) is 1.19. The van der Waals surface area contributed by atoms with Crippen LogP contribution in [0.3, 0.4) is 0 Å². The van der Waals surface area contributed by atoms with E-state index in [0.29, 0.717) is 18.8 Å². The molecule has 4 rings (SSSR count). The highest BCUT2D eigenvalue weighted by molar-refractivity contribution is 5.99. The van der Waals surface area contributed by atoms with Gasteiger partial charge in [0.25, 0.3) is 0 Å². The van der Waals surface area contributed by atoms with Crippen molar-refractivity contribution in [2.24, 2.45) is 5.92 Å². The van der Waals surface area contributed by atoms with Gasteiger partial charge in [-0.3, -0.25) is 9.59 Å². The van der Waals surface area contributed by atoms with Gasteiger partial charge in [-0.25, -0.2) is 0 Å². The smallest absolute Gasteiger partial charge is 0.246 e. The van der Waals surface area contributed by atoms with Crippen LogP contribution >= 0.6 is 0 Å². The van der Waals surface area contributed by atoms with Gasteiger partial charge < -0.3 is 19.9 Å². The second-order valence-electron chi connectivity index (χ2n) is 8.01. The molecule has 0 spiro atoms. The number of carbonyl (C=O) groups is 2. The second kappa shape index (κ2) is 6.59. The van der Waals surface area contributed by atoms with Gasteiger partial charge in [0.2, 0.25) is 11.8 Å². The van der Waals surface area contributed by atoms with Gasteiger partial charge in [0.05, 0.1) is 13.2 Å². The van der Waals surface area contributed by atoms with Gasteiger partial charge in [-0.2, -0.15) is 0 Å². The van der Waals surface area contributed by atoms with Crippen molar-refractivity contribution >= 4 is 22.7 Å². The Kier molecular flexibility index (Phi) is 4.36. The molecule has 6 heteroatoms. The van der Waals surface area contributed by atoms with E-state index in [1.165, 1.54) is 0 Å². The highest BCUT2D eigenvalue weighted by Crippen LogP contribution is 2.42. The summed E-state index contributed by atoms with van der Waals surface area (Å²) in [4.78, 5) is 31.3. The molecule has 3 atom stereocenters. The van der Waals surface area contributed by atoms with Gasteiger partial charge in [-0.05, 0) is 36.5 Å². The minimum atomic E-state index is -0.433. The molecule has 2 N–H and O–H groups in total. The average molecular weight is 369 g/mol. The van der Waals surface area contributed by atoms with Crippen molar-refractivity contribution in [2.45, 2.75) is 58.2 Å². The van der Waals surface area contributed by atoms with Crippen molar-refractivity contribution in [3.8, 4) is 5.75 Å². The van der Waals surface area contributed by atoms with Crippen LogP contribution in [0.15, 0.2) is 18.2 Å². The van der Waals surface area contributed by atoms with Crippen molar-refractivity contribution in [1.82, 2.24) is 15.2 Å². The molecular weight excluding hydrogens is 342 g/mol. The van der Waals surface area contributed by atoms with E-state index >= 15 is 0 Å². The first-order valence-electron chi connectivity index (χ1n) is 9.75. The maximum Gasteiger partial charge on any atom is 0.246 e. The maximum atomic E-state index is 13.1. The van der Waals surface area contributed by atoms with Gasteiger partial charge in [-0.1, -0.05) is 20.8 Å². The standard InChI is InChI=1S/C21H27N3O3/c1-5-15-21(26)24-17(8-11(2)3)19-14(10-18(24)20(25)23-15)13-7-6-12(27-4)9-16(13)22-19/h6-7,9,11,15,17-18,22H,5,8,10H2,1-4H3,(H,23,25). The molecule has 0 bridgehead atoms. The van der Waals surface area contributed by atoms with Gasteiger partial charge >= 0.3 is 0 Å². The molecule has 0 radical (unpaired) electrons. The Bertz CT molecular complexity index is 901. The Morgan fingerprint density at radius 1 is 1.30 bits per heavy atom. The molecule has 3 unspecified atom stereocenters. The zero-order valence-electron chi connectivity index (χ0n) is 16.3. The number of benzene rings is 1. The molecule has 1 aromatic heterocycles. The molecule has 3 heterocycles. The van der Waals surface area contributed by atoms with E-state index in [1.54, 1.807) is 7.11 Å². The van der Waals surface area contributed by atoms with Crippen LogP contribution in [-0.2, 0) is 16.0 Å². The molecule has 2 amide bonds. The third kappa shape index (κ3) is 2.78. The number of H-pyrrole nitrogens is 1. The van der Waals surface area contributed by atoms with Crippen molar-refractivity contribution in [3.05, 3.63) is 29.5 Å². The molecule has 1 aromatic carbocycles. The largest absolute Gasteiger partial charge is 0.497 e. The fourth-order valence-electron chi connectivity index (χ4n) is 4.53. The topological polar surface area (TPSA) is 74.4 Å². The van der Waals surface area contributed by atoms with Gasteiger partial charge in [-0.15, -0.1) is 0 Å². The number of piperazine rings is 1. The number of nitrogens with one attached hydrogen (secondary N) is 2. The predicted molar refractivity (Wildman–Crippen MR) is 104 cm³/mol. The summed E-state index contributed by atoms with van der Waals surface area (Å²) in [7, 11) is 1.65. The maximum absolute atomic E-state index is 13.1. The minimum absolute atomic E-state index is 0.0367. The fourth-order valence-corrected chi connectivity index (χ4v) is 4.53. The van der Waals surface area contributed by atoms with Crippen LogP contribution in [0, 0.1) is 5.92 Å². The van der Waals surface area contributed by atoms with E-state index in [0.717, 1.165) is 34.3 Å². The predicted octanol–water partition coefficient (Wildman–Crippen LogP) is 2.93. The number of hydrogen-bond acceptors (Lipinski definition) is 3. The Labute approximate surface area is 159 Å². The van der Waals surface area contributed by atoms with E-state index in [1.807, 2.05) is 30.0 Å². The summed E-state index contributed by atoms with van der Waals surface area (Å²) in [6, 6.07) is 5.01. The normalized spacial score (nSPS) is 24.8. The Balaban J connectivity index is 1.87. The highest BCUT2D eigenvalue weighted by Gasteiger charge is 2.47. The van der Waals surface area contributed by atoms with Gasteiger partial charge in [0, 0.05) is 29.1 Å². The first kappa shape index (κ1) is 17.9. The lowest BCUT2D eigenvalue weighted by Gasteiger charge is -2.46. The fraction of sp³-hybridized carbons (Fsp3) is 0.524. The lowest BCUT2D eigenvalue weighted by atomic mass is 9.85. The minimum Gasteiger partial charge on any atom is -0.497 e. The number of aromatic amines is 1. The number of hydrogen-bond donors (Lipinski definition) is 2. The summed E-state index contributed by atoms with van der Waals surface area (Å²) >= 11 is 0. The monoisotopic (exact) mass is 369 g/mol. The van der Waals surface area contributed by atoms with E-state index < -0.39 is 12.1 Å². The number of ether oxygens (including phenoxy) is 1. The molecular formula is C21H27N3O3. The number of fused-ring (bicyclic) bond motifs is 4. The van der Waals surface area contributed by atoms with E-state index in [2.05, 4.69) is 24.1 Å². The van der Waals surface area contributed by atoms with Crippen molar-refractivity contribution in [2.75, 3.05) is 7.11 Å². The number of aromatic nitrogens is 1. The van der Waals surface area contributed by atoms with Crippen LogP contribution in [-0.4, -0.2) is 40.9 Å². The molecule has 0 saturated carbocycles. The van der Waals surface area contributed by atoms with Crippen LogP contribution in [0.25, 0.3) is 10.9 Å². The molecule has 2 aromatic rings. The molecule has 2 aliphatic rings. The number of amides is 2. The van der Waals surface area contributed by atoms with Crippen LogP contribution < -0.4 is 10.1 Å². The summed E-state index contributed by atoms with van der Waals surface area (Å²) in [5, 5.41) is 4.03. The average Bonchev–Trinajstić information content (AvgIpc) is 3.01. The zero-order valence-corrected chi connectivity index (χ0v) is 16.3. The third-order valence-corrected chi connectivity index (χ3v) is 5.82. The number of nitrogens with zero attached hydrogens (tertiary/aromatic N) is 1. The third-order valence-electron chi connectivity index (χ3n) is 5.82. The Morgan fingerprint density at radius 2 is 2.07 bits per heavy atom. The highest BCUT2D eigenvalue weighted by atomic mass is 16.5. The molecule has 6 nitrogen and oxygen atoms in total. The summed E-state index contributed by atoms with van der Waals surface area (Å²) in [5.41, 5.74) is 3.21. The molecule has 2 aliphatic heterocycles. The summed E-state index contributed by atoms with van der Waals surface area (Å²) in [6.45, 7) is 6.24. The van der Waals surface area contributed by atoms with Gasteiger partial charge in [0.15, 0.2) is 0 Å². The number of methoxy groups -OCH3 is 1. The van der Waals surface area contributed by atoms with E-state index in [-0.39, 0.29) is 17.9 Å². The second-order valence-corrected chi connectivity index (χ2v) is 8.01. The molecule has 27 heavy (non-hydrogen) atoms. The van der Waals surface area contributed by atoms with E-state index in [4.69, 9.17) is 4.74 Å². The molecule has 1 saturated heterocycles. The lowest BCUT2D eigenvalue weighted by Crippen LogP contribution is -2.65.